The lowest BCUT2D eigenvalue weighted by Gasteiger charge is -2.37. The zero-order valence-electron chi connectivity index (χ0n) is 12.5. The van der Waals surface area contributed by atoms with Crippen molar-refractivity contribution in [1.82, 2.24) is 9.80 Å². The van der Waals surface area contributed by atoms with Crippen molar-refractivity contribution in [3.63, 3.8) is 0 Å². The summed E-state index contributed by atoms with van der Waals surface area (Å²) in [6, 6.07) is 11.1. The van der Waals surface area contributed by atoms with Gasteiger partial charge in [-0.15, -0.1) is 0 Å². The maximum absolute atomic E-state index is 12.5. The third-order valence-corrected chi connectivity index (χ3v) is 4.69. The summed E-state index contributed by atoms with van der Waals surface area (Å²) in [4.78, 5) is 17.1. The number of nitrogens with zero attached hydrogens (tertiary/aromatic N) is 2. The fraction of sp³-hybridized carbons (Fsp3) is 0.588. The second-order valence-electron chi connectivity index (χ2n) is 6.31. The SMILES string of the molecule is CC(C)N1CCN(C(=O)[C@H]2C[C@@H]2c2ccccc2)CC1. The number of piperazine rings is 1. The van der Waals surface area contributed by atoms with E-state index < -0.39 is 0 Å². The monoisotopic (exact) mass is 272 g/mol. The van der Waals surface area contributed by atoms with Crippen molar-refractivity contribution in [3.05, 3.63) is 35.9 Å². The summed E-state index contributed by atoms with van der Waals surface area (Å²) in [5.41, 5.74) is 1.33. The molecule has 1 aromatic rings. The van der Waals surface area contributed by atoms with Gasteiger partial charge in [-0.2, -0.15) is 0 Å². The highest BCUT2D eigenvalue weighted by Gasteiger charge is 2.45. The molecule has 1 aliphatic carbocycles. The highest BCUT2D eigenvalue weighted by atomic mass is 16.2. The number of hydrogen-bond donors (Lipinski definition) is 0. The second-order valence-corrected chi connectivity index (χ2v) is 6.31. The molecule has 1 amide bonds. The van der Waals surface area contributed by atoms with Crippen LogP contribution in [0.2, 0.25) is 0 Å². The highest BCUT2D eigenvalue weighted by Crippen LogP contribution is 2.48. The fourth-order valence-electron chi connectivity index (χ4n) is 3.23. The van der Waals surface area contributed by atoms with Crippen LogP contribution >= 0.6 is 0 Å². The first kappa shape index (κ1) is 13.6. The zero-order valence-corrected chi connectivity index (χ0v) is 12.5. The number of carbonyl (C=O) groups is 1. The van der Waals surface area contributed by atoms with Gasteiger partial charge < -0.3 is 4.90 Å². The maximum Gasteiger partial charge on any atom is 0.226 e. The first-order valence-electron chi connectivity index (χ1n) is 7.74. The number of rotatable bonds is 3. The smallest absolute Gasteiger partial charge is 0.226 e. The van der Waals surface area contributed by atoms with E-state index in [0.717, 1.165) is 32.6 Å². The van der Waals surface area contributed by atoms with E-state index in [4.69, 9.17) is 0 Å². The highest BCUT2D eigenvalue weighted by molar-refractivity contribution is 5.83. The molecule has 0 aromatic heterocycles. The van der Waals surface area contributed by atoms with Crippen molar-refractivity contribution in [2.45, 2.75) is 32.2 Å². The Hall–Kier alpha value is -1.35. The molecule has 2 fully saturated rings. The minimum Gasteiger partial charge on any atom is -0.340 e. The lowest BCUT2D eigenvalue weighted by molar-refractivity contribution is -0.134. The molecule has 20 heavy (non-hydrogen) atoms. The van der Waals surface area contributed by atoms with E-state index in [9.17, 15) is 4.79 Å². The summed E-state index contributed by atoms with van der Waals surface area (Å²) in [5, 5.41) is 0. The van der Waals surface area contributed by atoms with E-state index in [1.54, 1.807) is 0 Å². The Morgan fingerprint density at radius 2 is 1.75 bits per heavy atom. The van der Waals surface area contributed by atoms with Crippen LogP contribution in [0, 0.1) is 5.92 Å². The first-order chi connectivity index (χ1) is 9.66. The molecular formula is C17H24N2O. The molecule has 2 aliphatic rings. The van der Waals surface area contributed by atoms with E-state index >= 15 is 0 Å². The number of carbonyl (C=O) groups excluding carboxylic acids is 1. The summed E-state index contributed by atoms with van der Waals surface area (Å²) < 4.78 is 0. The molecule has 0 unspecified atom stereocenters. The van der Waals surface area contributed by atoms with Gasteiger partial charge in [0.15, 0.2) is 0 Å². The molecule has 0 spiro atoms. The van der Waals surface area contributed by atoms with Gasteiger partial charge in [-0.05, 0) is 31.7 Å². The van der Waals surface area contributed by atoms with Gasteiger partial charge in [0.2, 0.25) is 5.91 Å². The maximum atomic E-state index is 12.5. The summed E-state index contributed by atoms with van der Waals surface area (Å²) in [5.74, 6) is 1.08. The van der Waals surface area contributed by atoms with Gasteiger partial charge in [0, 0.05) is 38.1 Å². The van der Waals surface area contributed by atoms with Crippen LogP contribution in [0.1, 0.15) is 31.7 Å². The Balaban J connectivity index is 1.54. The number of benzene rings is 1. The minimum atomic E-state index is 0.239. The topological polar surface area (TPSA) is 23.6 Å². The molecule has 3 heteroatoms. The van der Waals surface area contributed by atoms with E-state index in [2.05, 4.69) is 47.9 Å². The number of hydrogen-bond acceptors (Lipinski definition) is 2. The third kappa shape index (κ3) is 2.73. The summed E-state index contributed by atoms with van der Waals surface area (Å²) in [6.07, 6.45) is 1.03. The number of amides is 1. The Kier molecular flexibility index (Phi) is 3.79. The fourth-order valence-corrected chi connectivity index (χ4v) is 3.23. The molecule has 0 N–H and O–H groups in total. The summed E-state index contributed by atoms with van der Waals surface area (Å²) >= 11 is 0. The molecule has 3 rings (SSSR count). The molecule has 2 atom stereocenters. The van der Waals surface area contributed by atoms with Crippen LogP contribution < -0.4 is 0 Å². The van der Waals surface area contributed by atoms with E-state index in [0.29, 0.717) is 17.9 Å². The van der Waals surface area contributed by atoms with Crippen molar-refractivity contribution in [1.29, 1.82) is 0 Å². The van der Waals surface area contributed by atoms with E-state index in [-0.39, 0.29) is 5.92 Å². The average Bonchev–Trinajstić information content (AvgIpc) is 3.28. The third-order valence-electron chi connectivity index (χ3n) is 4.69. The molecule has 0 radical (unpaired) electrons. The van der Waals surface area contributed by atoms with Gasteiger partial charge in [-0.25, -0.2) is 0 Å². The molecular weight excluding hydrogens is 248 g/mol. The van der Waals surface area contributed by atoms with Crippen LogP contribution in [-0.4, -0.2) is 47.9 Å². The first-order valence-corrected chi connectivity index (χ1v) is 7.74. The van der Waals surface area contributed by atoms with Crippen LogP contribution in [-0.2, 0) is 4.79 Å². The lowest BCUT2D eigenvalue weighted by Crippen LogP contribution is -2.51. The predicted octanol–water partition coefficient (Wildman–Crippen LogP) is 2.34. The van der Waals surface area contributed by atoms with Crippen molar-refractivity contribution >= 4 is 5.91 Å². The molecule has 0 bridgehead atoms. The van der Waals surface area contributed by atoms with Crippen LogP contribution in [0.25, 0.3) is 0 Å². The van der Waals surface area contributed by atoms with Gasteiger partial charge in [0.1, 0.15) is 0 Å². The van der Waals surface area contributed by atoms with Gasteiger partial charge in [0.25, 0.3) is 0 Å². The van der Waals surface area contributed by atoms with E-state index in [1.165, 1.54) is 5.56 Å². The van der Waals surface area contributed by atoms with Crippen LogP contribution in [0.3, 0.4) is 0 Å². The predicted molar refractivity (Wildman–Crippen MR) is 80.6 cm³/mol. The largest absolute Gasteiger partial charge is 0.340 e. The standard InChI is InChI=1S/C17H24N2O/c1-13(2)18-8-10-19(11-9-18)17(20)16-12-15(16)14-6-4-3-5-7-14/h3-7,13,15-16H,8-12H2,1-2H3/t15-,16+/m1/s1. The molecule has 1 saturated carbocycles. The van der Waals surface area contributed by atoms with Crippen LogP contribution in [0.4, 0.5) is 0 Å². The Morgan fingerprint density at radius 1 is 1.10 bits per heavy atom. The molecule has 1 heterocycles. The lowest BCUT2D eigenvalue weighted by atomic mass is 10.1. The van der Waals surface area contributed by atoms with E-state index in [1.807, 2.05) is 6.07 Å². The molecule has 1 saturated heterocycles. The second kappa shape index (κ2) is 5.57. The summed E-state index contributed by atoms with van der Waals surface area (Å²) in [7, 11) is 0. The van der Waals surface area contributed by atoms with Crippen LogP contribution in [0.15, 0.2) is 30.3 Å². The zero-order chi connectivity index (χ0) is 14.1. The Labute approximate surface area is 121 Å². The van der Waals surface area contributed by atoms with Crippen molar-refractivity contribution in [2.24, 2.45) is 5.92 Å². The van der Waals surface area contributed by atoms with Gasteiger partial charge in [-0.3, -0.25) is 9.69 Å². The van der Waals surface area contributed by atoms with Gasteiger partial charge in [-0.1, -0.05) is 30.3 Å². The Morgan fingerprint density at radius 3 is 2.35 bits per heavy atom. The molecule has 108 valence electrons. The molecule has 1 aromatic carbocycles. The van der Waals surface area contributed by atoms with Crippen molar-refractivity contribution in [2.75, 3.05) is 26.2 Å². The Bertz CT molecular complexity index is 463. The normalized spacial score (nSPS) is 26.9. The van der Waals surface area contributed by atoms with Crippen molar-refractivity contribution < 1.29 is 4.79 Å². The quantitative estimate of drug-likeness (QED) is 0.843. The van der Waals surface area contributed by atoms with Crippen LogP contribution in [0.5, 0.6) is 0 Å². The van der Waals surface area contributed by atoms with Gasteiger partial charge in [0.05, 0.1) is 0 Å². The summed E-state index contributed by atoms with van der Waals surface area (Å²) in [6.45, 7) is 8.29. The molecule has 3 nitrogen and oxygen atoms in total. The van der Waals surface area contributed by atoms with Gasteiger partial charge >= 0.3 is 0 Å². The van der Waals surface area contributed by atoms with Crippen molar-refractivity contribution in [3.8, 4) is 0 Å². The minimum absolute atomic E-state index is 0.239. The molecule has 1 aliphatic heterocycles. The average molecular weight is 272 g/mol.